The molecule has 0 aliphatic rings. The van der Waals surface area contributed by atoms with Crippen LogP contribution in [-0.2, 0) is 4.79 Å². The SMILES string of the molecule is O=C(N[C@H](CO)C(=O)O)c1cc(=O)c2ccccc2o1. The molecule has 0 aliphatic carbocycles. The molecule has 1 heterocycles. The van der Waals surface area contributed by atoms with Gasteiger partial charge in [0, 0.05) is 6.07 Å². The van der Waals surface area contributed by atoms with Crippen molar-refractivity contribution < 1.29 is 24.2 Å². The number of carbonyl (C=O) groups is 2. The van der Waals surface area contributed by atoms with Crippen LogP contribution < -0.4 is 10.7 Å². The number of aliphatic hydroxyl groups is 1. The van der Waals surface area contributed by atoms with E-state index in [1.165, 1.54) is 6.07 Å². The highest BCUT2D eigenvalue weighted by atomic mass is 16.4. The predicted octanol–water partition coefficient (Wildman–Crippen LogP) is -0.0317. The van der Waals surface area contributed by atoms with Crippen LogP contribution in [0.1, 0.15) is 10.6 Å². The lowest BCUT2D eigenvalue weighted by Gasteiger charge is -2.10. The monoisotopic (exact) mass is 277 g/mol. The van der Waals surface area contributed by atoms with E-state index in [9.17, 15) is 14.4 Å². The minimum absolute atomic E-state index is 0.223. The fourth-order valence-electron chi connectivity index (χ4n) is 1.63. The predicted molar refractivity (Wildman–Crippen MR) is 68.5 cm³/mol. The van der Waals surface area contributed by atoms with E-state index in [0.717, 1.165) is 6.07 Å². The van der Waals surface area contributed by atoms with Gasteiger partial charge in [0.2, 0.25) is 0 Å². The van der Waals surface area contributed by atoms with E-state index in [4.69, 9.17) is 14.6 Å². The van der Waals surface area contributed by atoms with Crippen LogP contribution in [0.15, 0.2) is 39.5 Å². The highest BCUT2D eigenvalue weighted by Gasteiger charge is 2.21. The van der Waals surface area contributed by atoms with Crippen molar-refractivity contribution in [1.29, 1.82) is 0 Å². The summed E-state index contributed by atoms with van der Waals surface area (Å²) < 4.78 is 5.24. The van der Waals surface area contributed by atoms with Crippen LogP contribution in [-0.4, -0.2) is 34.7 Å². The third kappa shape index (κ3) is 2.67. The van der Waals surface area contributed by atoms with Crippen LogP contribution in [0.4, 0.5) is 0 Å². The van der Waals surface area contributed by atoms with E-state index in [0.29, 0.717) is 5.39 Å². The molecule has 0 aliphatic heterocycles. The zero-order chi connectivity index (χ0) is 14.7. The third-order valence-corrected chi connectivity index (χ3v) is 2.64. The summed E-state index contributed by atoms with van der Waals surface area (Å²) in [6, 6.07) is 5.89. The van der Waals surface area contributed by atoms with Crippen molar-refractivity contribution in [3.63, 3.8) is 0 Å². The Morgan fingerprint density at radius 2 is 2.00 bits per heavy atom. The average Bonchev–Trinajstić information content (AvgIpc) is 2.44. The van der Waals surface area contributed by atoms with Crippen LogP contribution in [0.5, 0.6) is 0 Å². The summed E-state index contributed by atoms with van der Waals surface area (Å²) in [6.07, 6.45) is 0. The standard InChI is InChI=1S/C13H11NO6/c15-6-8(13(18)19)14-12(17)11-5-9(16)7-3-1-2-4-10(7)20-11/h1-5,8,15H,6H2,(H,14,17)(H,18,19)/t8-/m1/s1. The molecule has 0 spiro atoms. The molecular weight excluding hydrogens is 266 g/mol. The van der Waals surface area contributed by atoms with Gasteiger partial charge in [-0.3, -0.25) is 9.59 Å². The Labute approximate surface area is 112 Å². The maximum atomic E-state index is 11.8. The number of aliphatic carboxylic acids is 1. The van der Waals surface area contributed by atoms with Gasteiger partial charge >= 0.3 is 5.97 Å². The molecule has 0 fully saturated rings. The van der Waals surface area contributed by atoms with Gasteiger partial charge in [0.1, 0.15) is 5.58 Å². The maximum absolute atomic E-state index is 11.8. The van der Waals surface area contributed by atoms with Crippen LogP contribution in [0.3, 0.4) is 0 Å². The minimum atomic E-state index is -1.46. The number of carbonyl (C=O) groups excluding carboxylic acids is 1. The summed E-state index contributed by atoms with van der Waals surface area (Å²) >= 11 is 0. The second-order valence-electron chi connectivity index (χ2n) is 4.02. The fraction of sp³-hybridized carbons (Fsp3) is 0.154. The summed E-state index contributed by atoms with van der Waals surface area (Å²) in [5.74, 6) is -2.58. The van der Waals surface area contributed by atoms with E-state index >= 15 is 0 Å². The second-order valence-corrected chi connectivity index (χ2v) is 4.02. The van der Waals surface area contributed by atoms with E-state index in [2.05, 4.69) is 5.32 Å². The Morgan fingerprint density at radius 1 is 1.30 bits per heavy atom. The van der Waals surface area contributed by atoms with Gasteiger partial charge in [-0.15, -0.1) is 0 Å². The molecule has 7 nitrogen and oxygen atoms in total. The normalized spacial score (nSPS) is 12.1. The summed E-state index contributed by atoms with van der Waals surface area (Å²) in [7, 11) is 0. The lowest BCUT2D eigenvalue weighted by Crippen LogP contribution is -2.43. The molecule has 0 saturated heterocycles. The van der Waals surface area contributed by atoms with Crippen LogP contribution in [0, 0.1) is 0 Å². The van der Waals surface area contributed by atoms with Crippen molar-refractivity contribution >= 4 is 22.8 Å². The quantitative estimate of drug-likeness (QED) is 0.722. The molecule has 2 rings (SSSR count). The highest BCUT2D eigenvalue weighted by Crippen LogP contribution is 2.11. The summed E-state index contributed by atoms with van der Waals surface area (Å²) in [6.45, 7) is -0.765. The van der Waals surface area contributed by atoms with Crippen molar-refractivity contribution in [3.8, 4) is 0 Å². The number of aliphatic hydroxyl groups excluding tert-OH is 1. The Bertz CT molecular complexity index is 720. The topological polar surface area (TPSA) is 117 Å². The molecule has 0 bridgehead atoms. The first-order chi connectivity index (χ1) is 9.52. The lowest BCUT2D eigenvalue weighted by atomic mass is 10.2. The molecule has 0 unspecified atom stereocenters. The van der Waals surface area contributed by atoms with Gasteiger partial charge in [0.05, 0.1) is 12.0 Å². The molecule has 104 valence electrons. The zero-order valence-corrected chi connectivity index (χ0v) is 10.2. The second kappa shape index (κ2) is 5.54. The Hall–Kier alpha value is -2.67. The molecule has 0 radical (unpaired) electrons. The first kappa shape index (κ1) is 13.8. The molecular formula is C13H11NO6. The number of carboxylic acids is 1. The smallest absolute Gasteiger partial charge is 0.328 e. The Morgan fingerprint density at radius 3 is 2.65 bits per heavy atom. The number of rotatable bonds is 4. The molecule has 1 aromatic carbocycles. The molecule has 20 heavy (non-hydrogen) atoms. The number of nitrogens with one attached hydrogen (secondary N) is 1. The molecule has 2 aromatic rings. The average molecular weight is 277 g/mol. The molecule has 7 heteroatoms. The van der Waals surface area contributed by atoms with Gasteiger partial charge in [-0.2, -0.15) is 0 Å². The first-order valence-corrected chi connectivity index (χ1v) is 5.70. The van der Waals surface area contributed by atoms with Crippen molar-refractivity contribution in [2.24, 2.45) is 0 Å². The van der Waals surface area contributed by atoms with E-state index in [-0.39, 0.29) is 11.3 Å². The molecule has 1 aromatic heterocycles. The molecule has 0 saturated carbocycles. The summed E-state index contributed by atoms with van der Waals surface area (Å²) in [4.78, 5) is 34.3. The van der Waals surface area contributed by atoms with Crippen molar-refractivity contribution in [3.05, 3.63) is 46.3 Å². The number of hydrogen-bond donors (Lipinski definition) is 3. The maximum Gasteiger partial charge on any atom is 0.328 e. The first-order valence-electron chi connectivity index (χ1n) is 5.70. The minimum Gasteiger partial charge on any atom is -0.480 e. The van der Waals surface area contributed by atoms with Gasteiger partial charge < -0.3 is 19.9 Å². The number of carboxylic acid groups (broad SMARTS) is 1. The van der Waals surface area contributed by atoms with Crippen molar-refractivity contribution in [2.45, 2.75) is 6.04 Å². The fourth-order valence-corrected chi connectivity index (χ4v) is 1.63. The van der Waals surface area contributed by atoms with Crippen molar-refractivity contribution in [2.75, 3.05) is 6.61 Å². The highest BCUT2D eigenvalue weighted by molar-refractivity contribution is 5.95. The van der Waals surface area contributed by atoms with E-state index in [1.807, 2.05) is 0 Å². The van der Waals surface area contributed by atoms with Crippen LogP contribution >= 0.6 is 0 Å². The number of para-hydroxylation sites is 1. The van der Waals surface area contributed by atoms with Gasteiger partial charge in [0.15, 0.2) is 17.2 Å². The largest absolute Gasteiger partial charge is 0.480 e. The van der Waals surface area contributed by atoms with Crippen molar-refractivity contribution in [1.82, 2.24) is 5.32 Å². The lowest BCUT2D eigenvalue weighted by molar-refractivity contribution is -0.140. The van der Waals surface area contributed by atoms with Gasteiger partial charge in [-0.05, 0) is 12.1 Å². The van der Waals surface area contributed by atoms with Gasteiger partial charge in [-0.1, -0.05) is 12.1 Å². The Balaban J connectivity index is 2.36. The van der Waals surface area contributed by atoms with E-state index in [1.54, 1.807) is 18.2 Å². The van der Waals surface area contributed by atoms with Crippen LogP contribution in [0.25, 0.3) is 11.0 Å². The third-order valence-electron chi connectivity index (χ3n) is 2.64. The number of fused-ring (bicyclic) bond motifs is 1. The molecule has 3 N–H and O–H groups in total. The van der Waals surface area contributed by atoms with Gasteiger partial charge in [-0.25, -0.2) is 4.79 Å². The molecule has 1 atom stereocenters. The Kier molecular flexibility index (Phi) is 3.81. The zero-order valence-electron chi connectivity index (χ0n) is 10.2. The number of amides is 1. The number of benzene rings is 1. The molecule has 1 amide bonds. The van der Waals surface area contributed by atoms with Gasteiger partial charge in [0.25, 0.3) is 5.91 Å². The summed E-state index contributed by atoms with van der Waals surface area (Å²) in [5.41, 5.74) is -0.186. The van der Waals surface area contributed by atoms with E-state index < -0.39 is 30.0 Å². The number of hydrogen-bond acceptors (Lipinski definition) is 5. The van der Waals surface area contributed by atoms with Crippen LogP contribution in [0.2, 0.25) is 0 Å². The summed E-state index contributed by atoms with van der Waals surface area (Å²) in [5, 5.41) is 19.9.